The lowest BCUT2D eigenvalue weighted by Gasteiger charge is -2.12. The Balaban J connectivity index is 1.51. The number of nitrogens with zero attached hydrogens (tertiary/aromatic N) is 2. The molecule has 6 nitrogen and oxygen atoms in total. The van der Waals surface area contributed by atoms with Crippen molar-refractivity contribution in [1.82, 2.24) is 9.97 Å². The molecular formula is C19H19N3O3S. The summed E-state index contributed by atoms with van der Waals surface area (Å²) in [5.41, 5.74) is 2.47. The van der Waals surface area contributed by atoms with E-state index in [9.17, 15) is 9.59 Å². The number of hydrogen-bond acceptors (Lipinski definition) is 6. The number of carbonyl (C=O) groups is 1. The second-order valence-electron chi connectivity index (χ2n) is 6.57. The van der Waals surface area contributed by atoms with Crippen molar-refractivity contribution < 1.29 is 9.53 Å². The highest BCUT2D eigenvalue weighted by molar-refractivity contribution is 7.18. The van der Waals surface area contributed by atoms with Gasteiger partial charge in [0.2, 0.25) is 0 Å². The van der Waals surface area contributed by atoms with E-state index in [1.807, 2.05) is 31.1 Å². The van der Waals surface area contributed by atoms with E-state index in [1.165, 1.54) is 4.88 Å². The number of benzene rings is 1. The van der Waals surface area contributed by atoms with Gasteiger partial charge in [-0.25, -0.2) is 9.78 Å². The largest absolute Gasteiger partial charge is 0.454 e. The van der Waals surface area contributed by atoms with Gasteiger partial charge in [0.05, 0.1) is 10.9 Å². The molecule has 0 fully saturated rings. The number of rotatable bonds is 4. The van der Waals surface area contributed by atoms with Crippen molar-refractivity contribution >= 4 is 33.2 Å². The fourth-order valence-corrected chi connectivity index (χ4v) is 4.51. The van der Waals surface area contributed by atoms with E-state index in [2.05, 4.69) is 9.97 Å². The van der Waals surface area contributed by atoms with Crippen LogP contribution in [0, 0.1) is 0 Å². The average Bonchev–Trinajstić information content (AvgIpc) is 3.20. The van der Waals surface area contributed by atoms with Gasteiger partial charge in [-0.15, -0.1) is 11.3 Å². The van der Waals surface area contributed by atoms with Crippen LogP contribution in [0.3, 0.4) is 0 Å². The number of thiophene rings is 1. The number of aromatic amines is 1. The molecule has 0 spiro atoms. The zero-order chi connectivity index (χ0) is 18.3. The Morgan fingerprint density at radius 2 is 2.04 bits per heavy atom. The number of aryl methyl sites for hydroxylation is 2. The summed E-state index contributed by atoms with van der Waals surface area (Å²) in [6.07, 6.45) is 3.06. The minimum atomic E-state index is -0.438. The molecule has 1 N–H and O–H groups in total. The van der Waals surface area contributed by atoms with Gasteiger partial charge >= 0.3 is 5.97 Å². The zero-order valence-electron chi connectivity index (χ0n) is 14.7. The Kier molecular flexibility index (Phi) is 4.24. The van der Waals surface area contributed by atoms with Gasteiger partial charge in [0.15, 0.2) is 0 Å². The molecule has 1 aliphatic rings. The van der Waals surface area contributed by atoms with Crippen molar-refractivity contribution in [2.24, 2.45) is 0 Å². The average molecular weight is 369 g/mol. The first kappa shape index (κ1) is 16.8. The molecule has 0 bridgehead atoms. The van der Waals surface area contributed by atoms with Gasteiger partial charge in [-0.2, -0.15) is 0 Å². The van der Waals surface area contributed by atoms with Crippen LogP contribution < -0.4 is 10.5 Å². The van der Waals surface area contributed by atoms with E-state index in [4.69, 9.17) is 4.74 Å². The molecule has 7 heteroatoms. The first-order valence-corrected chi connectivity index (χ1v) is 9.32. The SMILES string of the molecule is CN(C)c1ccc(C(=O)OCc2nc3sc4c(c3c(=O)[nH]2)CCC4)cc1. The molecule has 1 aromatic carbocycles. The Bertz CT molecular complexity index is 1030. The third-order valence-electron chi connectivity index (χ3n) is 4.58. The smallest absolute Gasteiger partial charge is 0.338 e. The number of esters is 1. The summed E-state index contributed by atoms with van der Waals surface area (Å²) in [5.74, 6) is -0.0626. The van der Waals surface area contributed by atoms with E-state index >= 15 is 0 Å². The van der Waals surface area contributed by atoms with E-state index in [1.54, 1.807) is 23.5 Å². The van der Waals surface area contributed by atoms with Crippen LogP contribution >= 0.6 is 11.3 Å². The zero-order valence-corrected chi connectivity index (χ0v) is 15.5. The van der Waals surface area contributed by atoms with Gasteiger partial charge in [0, 0.05) is 24.7 Å². The molecule has 0 unspecified atom stereocenters. The summed E-state index contributed by atoms with van der Waals surface area (Å²) >= 11 is 1.57. The number of fused-ring (bicyclic) bond motifs is 3. The summed E-state index contributed by atoms with van der Waals surface area (Å²) in [7, 11) is 3.87. The highest BCUT2D eigenvalue weighted by Crippen LogP contribution is 2.34. The van der Waals surface area contributed by atoms with Crippen molar-refractivity contribution in [2.45, 2.75) is 25.9 Å². The second-order valence-corrected chi connectivity index (χ2v) is 7.65. The molecule has 3 aromatic rings. The number of anilines is 1. The van der Waals surface area contributed by atoms with E-state index in [-0.39, 0.29) is 12.2 Å². The molecule has 26 heavy (non-hydrogen) atoms. The molecule has 134 valence electrons. The van der Waals surface area contributed by atoms with Crippen LogP contribution in [-0.4, -0.2) is 30.0 Å². The molecule has 0 saturated heterocycles. The summed E-state index contributed by atoms with van der Waals surface area (Å²) in [6.45, 7) is -0.0536. The fraction of sp³-hybridized carbons (Fsp3) is 0.316. The summed E-state index contributed by atoms with van der Waals surface area (Å²) in [4.78, 5) is 35.8. The van der Waals surface area contributed by atoms with Crippen LogP contribution in [0.15, 0.2) is 29.1 Å². The monoisotopic (exact) mass is 369 g/mol. The van der Waals surface area contributed by atoms with Crippen LogP contribution in [0.2, 0.25) is 0 Å². The van der Waals surface area contributed by atoms with E-state index < -0.39 is 5.97 Å². The third-order valence-corrected chi connectivity index (χ3v) is 5.77. The molecular weight excluding hydrogens is 350 g/mol. The van der Waals surface area contributed by atoms with Crippen LogP contribution in [0.1, 0.15) is 33.0 Å². The Morgan fingerprint density at radius 3 is 2.77 bits per heavy atom. The molecule has 0 atom stereocenters. The third kappa shape index (κ3) is 2.99. The summed E-state index contributed by atoms with van der Waals surface area (Å²) in [5, 5.41) is 0.705. The van der Waals surface area contributed by atoms with Crippen LogP contribution in [0.4, 0.5) is 5.69 Å². The van der Waals surface area contributed by atoms with Crippen LogP contribution in [0.25, 0.3) is 10.2 Å². The lowest BCUT2D eigenvalue weighted by atomic mass is 10.2. The molecule has 0 amide bonds. The van der Waals surface area contributed by atoms with Gasteiger partial charge < -0.3 is 14.6 Å². The number of H-pyrrole nitrogens is 1. The van der Waals surface area contributed by atoms with E-state index in [0.717, 1.165) is 35.3 Å². The summed E-state index contributed by atoms with van der Waals surface area (Å²) < 4.78 is 5.32. The Labute approximate surface area is 154 Å². The summed E-state index contributed by atoms with van der Waals surface area (Å²) in [6, 6.07) is 7.16. The van der Waals surface area contributed by atoms with Gasteiger partial charge in [0.1, 0.15) is 17.3 Å². The number of carbonyl (C=O) groups excluding carboxylic acids is 1. The van der Waals surface area contributed by atoms with Crippen molar-refractivity contribution in [2.75, 3.05) is 19.0 Å². The maximum atomic E-state index is 12.4. The number of aromatic nitrogens is 2. The molecule has 4 rings (SSSR count). The second kappa shape index (κ2) is 6.57. The first-order chi connectivity index (χ1) is 12.5. The number of nitrogens with one attached hydrogen (secondary N) is 1. The normalized spacial score (nSPS) is 13.0. The fourth-order valence-electron chi connectivity index (χ4n) is 3.23. The van der Waals surface area contributed by atoms with Crippen molar-refractivity contribution in [3.8, 4) is 0 Å². The Morgan fingerprint density at radius 1 is 1.27 bits per heavy atom. The number of hydrogen-bond donors (Lipinski definition) is 1. The molecule has 2 aromatic heterocycles. The van der Waals surface area contributed by atoms with E-state index in [0.29, 0.717) is 16.8 Å². The van der Waals surface area contributed by atoms with Gasteiger partial charge in [-0.05, 0) is 49.1 Å². The van der Waals surface area contributed by atoms with Gasteiger partial charge in [-0.3, -0.25) is 4.79 Å². The lowest BCUT2D eigenvalue weighted by molar-refractivity contribution is 0.0462. The predicted octanol–water partition coefficient (Wildman–Crippen LogP) is 2.90. The maximum Gasteiger partial charge on any atom is 0.338 e. The molecule has 0 aliphatic heterocycles. The minimum absolute atomic E-state index is 0.0536. The standard InChI is InChI=1S/C19H19N3O3S/c1-22(2)12-8-6-11(7-9-12)19(24)25-10-15-20-17(23)16-13-4-3-5-14(13)26-18(16)21-15/h6-9H,3-5,10H2,1-2H3,(H,20,21,23). The van der Waals surface area contributed by atoms with Gasteiger partial charge in [-0.1, -0.05) is 0 Å². The lowest BCUT2D eigenvalue weighted by Crippen LogP contribution is -2.14. The van der Waals surface area contributed by atoms with Crippen LogP contribution in [0.5, 0.6) is 0 Å². The van der Waals surface area contributed by atoms with Crippen molar-refractivity contribution in [1.29, 1.82) is 0 Å². The molecule has 2 heterocycles. The molecule has 0 saturated carbocycles. The maximum absolute atomic E-state index is 12.4. The number of ether oxygens (including phenoxy) is 1. The predicted molar refractivity (Wildman–Crippen MR) is 102 cm³/mol. The topological polar surface area (TPSA) is 75.3 Å². The molecule has 1 aliphatic carbocycles. The highest BCUT2D eigenvalue weighted by atomic mass is 32.1. The highest BCUT2D eigenvalue weighted by Gasteiger charge is 2.21. The molecule has 0 radical (unpaired) electrons. The minimum Gasteiger partial charge on any atom is -0.454 e. The Hall–Kier alpha value is -2.67. The van der Waals surface area contributed by atoms with Crippen molar-refractivity contribution in [3.63, 3.8) is 0 Å². The van der Waals surface area contributed by atoms with Gasteiger partial charge in [0.25, 0.3) is 5.56 Å². The van der Waals surface area contributed by atoms with Crippen molar-refractivity contribution in [3.05, 3.63) is 56.4 Å². The first-order valence-electron chi connectivity index (χ1n) is 8.51. The quantitative estimate of drug-likeness (QED) is 0.716. The van der Waals surface area contributed by atoms with Crippen LogP contribution in [-0.2, 0) is 24.2 Å².